The first-order valence-corrected chi connectivity index (χ1v) is 10.8. The molecule has 0 unspecified atom stereocenters. The summed E-state index contributed by atoms with van der Waals surface area (Å²) in [5.41, 5.74) is 4.58. The van der Waals surface area contributed by atoms with Crippen molar-refractivity contribution in [1.29, 1.82) is 0 Å². The maximum absolute atomic E-state index is 4.73. The van der Waals surface area contributed by atoms with Crippen molar-refractivity contribution in [2.75, 3.05) is 12.5 Å². The Morgan fingerprint density at radius 3 is 1.52 bits per heavy atom. The summed E-state index contributed by atoms with van der Waals surface area (Å²) < 4.78 is 4.66. The van der Waals surface area contributed by atoms with Gasteiger partial charge >= 0.3 is 0 Å². The normalized spacial score (nSPS) is 10.7. The predicted molar refractivity (Wildman–Crippen MR) is 115 cm³/mol. The molecule has 0 saturated heterocycles. The molecule has 4 rings (SSSR count). The summed E-state index contributed by atoms with van der Waals surface area (Å²) >= 11 is 3.42. The summed E-state index contributed by atoms with van der Waals surface area (Å²) in [4.78, 5) is 9.47. The fraction of sp³-hybridized carbons (Fsp3) is 0.263. The molecule has 8 heteroatoms. The number of thioether (sulfide) groups is 2. The first-order valence-electron chi connectivity index (χ1n) is 8.30. The van der Waals surface area contributed by atoms with Crippen LogP contribution >= 0.6 is 23.5 Å². The molecule has 0 atom stereocenters. The van der Waals surface area contributed by atoms with Crippen molar-refractivity contribution in [3.05, 3.63) is 48.5 Å². The van der Waals surface area contributed by atoms with Gasteiger partial charge in [-0.25, -0.2) is 9.97 Å². The third-order valence-corrected chi connectivity index (χ3v) is 5.72. The number of imidazole rings is 2. The minimum atomic E-state index is 0. The van der Waals surface area contributed by atoms with Gasteiger partial charge in [-0.2, -0.15) is 0 Å². The van der Waals surface area contributed by atoms with Crippen molar-refractivity contribution in [2.45, 2.75) is 29.8 Å². The maximum atomic E-state index is 4.73. The van der Waals surface area contributed by atoms with Crippen LogP contribution in [0.3, 0.4) is 0 Å². The third kappa shape index (κ3) is 3.98. The molecule has 2 aromatic heterocycles. The molecule has 0 amide bonds. The second kappa shape index (κ2) is 9.27. The van der Waals surface area contributed by atoms with Gasteiger partial charge in [-0.15, -0.1) is 0 Å². The molecule has 4 N–H and O–H groups in total. The molecule has 6 nitrogen and oxygen atoms in total. The van der Waals surface area contributed by atoms with Gasteiger partial charge in [0.25, 0.3) is 0 Å². The van der Waals surface area contributed by atoms with E-state index in [2.05, 4.69) is 58.0 Å². The van der Waals surface area contributed by atoms with E-state index in [0.29, 0.717) is 0 Å². The minimum Gasteiger partial charge on any atom is -0.412 e. The lowest BCUT2D eigenvalue weighted by molar-refractivity contribution is 0.533. The Morgan fingerprint density at radius 1 is 0.704 bits per heavy atom. The molecule has 0 spiro atoms. The van der Waals surface area contributed by atoms with Crippen LogP contribution in [0.2, 0.25) is 0 Å². The summed E-state index contributed by atoms with van der Waals surface area (Å²) in [7, 11) is 0. The molecule has 4 aromatic rings. The Balaban J connectivity index is 0.00000131. The van der Waals surface area contributed by atoms with Crippen LogP contribution in [0, 0.1) is 0 Å². The molecule has 0 fully saturated rings. The van der Waals surface area contributed by atoms with Crippen molar-refractivity contribution in [1.82, 2.24) is 19.1 Å². The van der Waals surface area contributed by atoms with E-state index in [1.54, 1.807) is 23.5 Å². The van der Waals surface area contributed by atoms with Crippen LogP contribution in [0.5, 0.6) is 0 Å². The highest BCUT2D eigenvalue weighted by Crippen LogP contribution is 2.25. The monoisotopic (exact) mass is 404 g/mol. The van der Waals surface area contributed by atoms with E-state index in [0.717, 1.165) is 40.9 Å². The molecule has 0 bridgehead atoms. The predicted octanol–water partition coefficient (Wildman–Crippen LogP) is 3.27. The second-order valence-electron chi connectivity index (χ2n) is 5.83. The number of hydrogen-bond acceptors (Lipinski definition) is 4. The summed E-state index contributed by atoms with van der Waals surface area (Å²) in [5.74, 6) is 0. The molecule has 27 heavy (non-hydrogen) atoms. The number of hydrogen-bond donors (Lipinski definition) is 0. The van der Waals surface area contributed by atoms with Crippen molar-refractivity contribution < 1.29 is 11.0 Å². The molecule has 144 valence electrons. The average Bonchev–Trinajstić information content (AvgIpc) is 3.20. The van der Waals surface area contributed by atoms with Gasteiger partial charge in [0, 0.05) is 13.1 Å². The molecule has 0 radical (unpaired) electrons. The van der Waals surface area contributed by atoms with Gasteiger partial charge in [0.15, 0.2) is 10.3 Å². The van der Waals surface area contributed by atoms with E-state index >= 15 is 0 Å². The first-order chi connectivity index (χ1) is 12.3. The Labute approximate surface area is 166 Å². The fourth-order valence-corrected chi connectivity index (χ4v) is 4.44. The Bertz CT molecular complexity index is 947. The SMILES string of the molecule is CSc1nc2ccccc2n1CCCn1c(SC)nc2ccccc21.O.O. The molecule has 2 aromatic carbocycles. The molecule has 0 aliphatic rings. The van der Waals surface area contributed by atoms with Gasteiger partial charge in [0.1, 0.15) is 0 Å². The lowest BCUT2D eigenvalue weighted by Crippen LogP contribution is -2.06. The lowest BCUT2D eigenvalue weighted by atomic mass is 10.3. The Morgan fingerprint density at radius 2 is 1.11 bits per heavy atom. The summed E-state index contributed by atoms with van der Waals surface area (Å²) in [5, 5.41) is 2.17. The quantitative estimate of drug-likeness (QED) is 0.460. The van der Waals surface area contributed by atoms with Crippen molar-refractivity contribution >= 4 is 45.6 Å². The number of aromatic nitrogens is 4. The summed E-state index contributed by atoms with van der Waals surface area (Å²) in [6.45, 7) is 1.91. The molecule has 0 aliphatic heterocycles. The highest BCUT2D eigenvalue weighted by molar-refractivity contribution is 7.98. The van der Waals surface area contributed by atoms with Gasteiger partial charge in [-0.1, -0.05) is 47.8 Å². The fourth-order valence-electron chi connectivity index (χ4n) is 3.24. The van der Waals surface area contributed by atoms with E-state index in [1.165, 1.54) is 11.0 Å². The largest absolute Gasteiger partial charge is 0.412 e. The van der Waals surface area contributed by atoms with Crippen molar-refractivity contribution in [3.8, 4) is 0 Å². The highest BCUT2D eigenvalue weighted by Gasteiger charge is 2.11. The zero-order valence-corrected chi connectivity index (χ0v) is 17.0. The number of para-hydroxylation sites is 4. The molecular formula is C19H24N4O2S2. The Kier molecular flexibility index (Phi) is 7.32. The third-order valence-electron chi connectivity index (χ3n) is 4.37. The van der Waals surface area contributed by atoms with Crippen LogP contribution < -0.4 is 0 Å². The molecule has 0 aliphatic carbocycles. The molecule has 2 heterocycles. The molecular weight excluding hydrogens is 380 g/mol. The number of rotatable bonds is 6. The van der Waals surface area contributed by atoms with Gasteiger partial charge in [-0.05, 0) is 43.2 Å². The van der Waals surface area contributed by atoms with Crippen LogP contribution in [0.1, 0.15) is 6.42 Å². The highest BCUT2D eigenvalue weighted by atomic mass is 32.2. The Hall–Kier alpha value is -2.00. The van der Waals surface area contributed by atoms with Gasteiger partial charge < -0.3 is 20.1 Å². The smallest absolute Gasteiger partial charge is 0.168 e. The van der Waals surface area contributed by atoms with Crippen LogP contribution in [-0.2, 0) is 13.1 Å². The van der Waals surface area contributed by atoms with Crippen LogP contribution in [-0.4, -0.2) is 42.6 Å². The topological polar surface area (TPSA) is 98.6 Å². The number of nitrogens with zero attached hydrogens (tertiary/aromatic N) is 4. The summed E-state index contributed by atoms with van der Waals surface area (Å²) in [6.07, 6.45) is 5.22. The second-order valence-corrected chi connectivity index (χ2v) is 7.38. The van der Waals surface area contributed by atoms with E-state index in [4.69, 9.17) is 9.97 Å². The van der Waals surface area contributed by atoms with Crippen LogP contribution in [0.25, 0.3) is 22.1 Å². The maximum Gasteiger partial charge on any atom is 0.168 e. The van der Waals surface area contributed by atoms with Gasteiger partial charge in [-0.3, -0.25) is 0 Å². The number of fused-ring (bicyclic) bond motifs is 2. The van der Waals surface area contributed by atoms with Gasteiger partial charge in [0.2, 0.25) is 0 Å². The number of aryl methyl sites for hydroxylation is 2. The lowest BCUT2D eigenvalue weighted by Gasteiger charge is -2.10. The van der Waals surface area contributed by atoms with E-state index in [-0.39, 0.29) is 11.0 Å². The van der Waals surface area contributed by atoms with Gasteiger partial charge in [0.05, 0.1) is 22.1 Å². The van der Waals surface area contributed by atoms with E-state index in [1.807, 2.05) is 12.1 Å². The summed E-state index contributed by atoms with van der Waals surface area (Å²) in [6, 6.07) is 16.7. The van der Waals surface area contributed by atoms with Crippen molar-refractivity contribution in [3.63, 3.8) is 0 Å². The average molecular weight is 405 g/mol. The first kappa shape index (κ1) is 21.3. The standard InChI is InChI=1S/C19H20N4S2.2H2O/c1-24-18-20-14-8-3-5-10-16(14)22(18)12-7-13-23-17-11-6-4-9-15(17)21-19(23)25-2;;/h3-6,8-11H,7,12-13H2,1-2H3;2*1H2. The van der Waals surface area contributed by atoms with Crippen LogP contribution in [0.15, 0.2) is 58.8 Å². The van der Waals surface area contributed by atoms with E-state index in [9.17, 15) is 0 Å². The number of benzene rings is 2. The zero-order chi connectivity index (χ0) is 17.2. The van der Waals surface area contributed by atoms with Crippen LogP contribution in [0.4, 0.5) is 0 Å². The zero-order valence-electron chi connectivity index (χ0n) is 15.3. The van der Waals surface area contributed by atoms with E-state index < -0.39 is 0 Å². The van der Waals surface area contributed by atoms with Crippen molar-refractivity contribution in [2.24, 2.45) is 0 Å². The minimum absolute atomic E-state index is 0. The molecule has 0 saturated carbocycles.